The molecule has 1 rings (SSSR count). The zero-order chi connectivity index (χ0) is 31.4. The second-order valence-corrected chi connectivity index (χ2v) is 8.51. The van der Waals surface area contributed by atoms with Crippen LogP contribution in [-0.2, 0) is 52.4 Å². The Balaban J connectivity index is 2.22. The topological polar surface area (TPSA) is 237 Å². The average Bonchev–Trinajstić information content (AvgIpc) is 3.31. The lowest BCUT2D eigenvalue weighted by atomic mass is 10.3. The highest BCUT2D eigenvalue weighted by molar-refractivity contribution is 6.01. The number of imide groups is 1. The third-order valence-electron chi connectivity index (χ3n) is 5.39. The van der Waals surface area contributed by atoms with Crippen LogP contribution in [0.5, 0.6) is 0 Å². The molecular weight excluding hydrogens is 576 g/mol. The van der Waals surface area contributed by atoms with E-state index in [0.717, 1.165) is 0 Å². The maximum absolute atomic E-state index is 12.7. The molecule has 0 saturated carbocycles. The fourth-order valence-electron chi connectivity index (χ4n) is 3.26. The van der Waals surface area contributed by atoms with E-state index in [2.05, 4.69) is 20.1 Å². The minimum Gasteiger partial charge on any atom is -0.379 e. The number of rotatable bonds is 28. The number of carbonyl (C=O) groups is 4. The van der Waals surface area contributed by atoms with Gasteiger partial charge in [-0.3, -0.25) is 14.4 Å². The van der Waals surface area contributed by atoms with Crippen LogP contribution in [0.25, 0.3) is 20.9 Å². The van der Waals surface area contributed by atoms with Gasteiger partial charge in [0.1, 0.15) is 0 Å². The normalized spacial score (nSPS) is 12.6. The van der Waals surface area contributed by atoms with Gasteiger partial charge in [0, 0.05) is 48.8 Å². The summed E-state index contributed by atoms with van der Waals surface area (Å²) < 4.78 is 32.3. The van der Waals surface area contributed by atoms with Crippen LogP contribution in [0.1, 0.15) is 25.7 Å². The Labute approximate surface area is 248 Å². The highest BCUT2D eigenvalue weighted by atomic mass is 16.7. The van der Waals surface area contributed by atoms with Crippen molar-refractivity contribution in [1.82, 2.24) is 9.96 Å². The molecule has 0 atom stereocenters. The summed E-state index contributed by atoms with van der Waals surface area (Å²) in [6.07, 6.45) is 0.0297. The third-order valence-corrected chi connectivity index (χ3v) is 5.39. The van der Waals surface area contributed by atoms with Gasteiger partial charge >= 0.3 is 5.97 Å². The van der Waals surface area contributed by atoms with Crippen LogP contribution in [0.2, 0.25) is 0 Å². The number of ether oxygens (including phenoxy) is 6. The van der Waals surface area contributed by atoms with Gasteiger partial charge in [-0.2, -0.15) is 0 Å². The second kappa shape index (κ2) is 26.1. The van der Waals surface area contributed by atoms with Crippen molar-refractivity contribution in [2.75, 3.05) is 105 Å². The zero-order valence-corrected chi connectivity index (χ0v) is 24.2. The van der Waals surface area contributed by atoms with Gasteiger partial charge in [0.15, 0.2) is 0 Å². The molecule has 1 fully saturated rings. The highest BCUT2D eigenvalue weighted by Crippen LogP contribution is 2.12. The molecule has 1 saturated heterocycles. The quantitative estimate of drug-likeness (QED) is 0.0394. The molecule has 3 amide bonds. The molecule has 242 valence electrons. The van der Waals surface area contributed by atoms with Crippen LogP contribution >= 0.6 is 0 Å². The number of carbonyl (C=O) groups excluding carboxylic acids is 4. The molecule has 0 N–H and O–H groups in total. The van der Waals surface area contributed by atoms with E-state index in [9.17, 15) is 19.2 Å². The lowest BCUT2D eigenvalue weighted by Gasteiger charge is -2.23. The van der Waals surface area contributed by atoms with Crippen LogP contribution in [0.4, 0.5) is 0 Å². The first kappa shape index (κ1) is 37.5. The summed E-state index contributed by atoms with van der Waals surface area (Å²) in [5, 5.41) is 7.22. The van der Waals surface area contributed by atoms with Crippen molar-refractivity contribution in [2.24, 2.45) is 10.2 Å². The first-order valence-corrected chi connectivity index (χ1v) is 13.8. The Bertz CT molecular complexity index is 879. The van der Waals surface area contributed by atoms with E-state index in [-0.39, 0.29) is 84.3 Å². The minimum absolute atomic E-state index is 0.0167. The Kier molecular flexibility index (Phi) is 22.8. The molecule has 0 unspecified atom stereocenters. The predicted octanol–water partition coefficient (Wildman–Crippen LogP) is 0.923. The molecule has 0 aromatic rings. The van der Waals surface area contributed by atoms with Crippen molar-refractivity contribution in [3.63, 3.8) is 0 Å². The predicted molar refractivity (Wildman–Crippen MR) is 146 cm³/mol. The first-order chi connectivity index (χ1) is 21.0. The number of amides is 3. The van der Waals surface area contributed by atoms with Crippen LogP contribution in [-0.4, -0.2) is 139 Å². The van der Waals surface area contributed by atoms with Gasteiger partial charge < -0.3 is 38.2 Å². The fourth-order valence-corrected chi connectivity index (χ4v) is 3.26. The van der Waals surface area contributed by atoms with Crippen LogP contribution in [0, 0.1) is 0 Å². The van der Waals surface area contributed by atoms with E-state index in [1.807, 2.05) is 0 Å². The van der Waals surface area contributed by atoms with E-state index < -0.39 is 17.8 Å². The van der Waals surface area contributed by atoms with E-state index in [4.69, 9.17) is 44.3 Å². The first-order valence-electron chi connectivity index (χ1n) is 13.8. The van der Waals surface area contributed by atoms with Crippen molar-refractivity contribution in [3.8, 4) is 0 Å². The second-order valence-electron chi connectivity index (χ2n) is 8.51. The summed E-state index contributed by atoms with van der Waals surface area (Å²) >= 11 is 0. The number of nitrogens with zero attached hydrogens (tertiary/aromatic N) is 8. The third kappa shape index (κ3) is 20.1. The standard InChI is InChI=1S/C24H40N8O11/c25-29-27-5-11-39-17-19-41-13-7-31(8-14-42-20-18-40-12-6-28-30-26)21(33)3-9-37-15-16-38-10-4-24(36)43-32-22(34)1-2-23(32)35/h1-20H2. The molecule has 43 heavy (non-hydrogen) atoms. The molecule has 19 nitrogen and oxygen atoms in total. The molecule has 0 aromatic carbocycles. The van der Waals surface area contributed by atoms with Crippen LogP contribution < -0.4 is 0 Å². The van der Waals surface area contributed by atoms with Gasteiger partial charge in [-0.05, 0) is 11.1 Å². The van der Waals surface area contributed by atoms with E-state index in [1.54, 1.807) is 4.90 Å². The Hall–Kier alpha value is -3.54. The number of hydrogen-bond donors (Lipinski definition) is 0. The zero-order valence-electron chi connectivity index (χ0n) is 24.2. The average molecular weight is 617 g/mol. The Morgan fingerprint density at radius 2 is 1.07 bits per heavy atom. The van der Waals surface area contributed by atoms with Crippen molar-refractivity contribution in [2.45, 2.75) is 25.7 Å². The molecular formula is C24H40N8O11. The summed E-state index contributed by atoms with van der Waals surface area (Å²) in [6.45, 7) is 4.12. The summed E-state index contributed by atoms with van der Waals surface area (Å²) in [5.41, 5.74) is 16.5. The Morgan fingerprint density at radius 3 is 1.53 bits per heavy atom. The fraction of sp³-hybridized carbons (Fsp3) is 0.833. The van der Waals surface area contributed by atoms with Gasteiger partial charge in [-0.15, -0.1) is 5.06 Å². The van der Waals surface area contributed by atoms with Crippen molar-refractivity contribution >= 4 is 23.7 Å². The molecule has 1 aliphatic heterocycles. The van der Waals surface area contributed by atoms with E-state index in [1.165, 1.54) is 0 Å². The summed E-state index contributed by atoms with van der Waals surface area (Å²) in [4.78, 5) is 59.0. The van der Waals surface area contributed by atoms with E-state index in [0.29, 0.717) is 57.8 Å². The largest absolute Gasteiger partial charge is 0.379 e. The van der Waals surface area contributed by atoms with Crippen molar-refractivity contribution < 1.29 is 52.4 Å². The number of azide groups is 2. The highest BCUT2D eigenvalue weighted by Gasteiger charge is 2.32. The van der Waals surface area contributed by atoms with E-state index >= 15 is 0 Å². The smallest absolute Gasteiger partial charge is 0.335 e. The minimum atomic E-state index is -0.751. The van der Waals surface area contributed by atoms with Gasteiger partial charge in [0.05, 0.1) is 92.1 Å². The van der Waals surface area contributed by atoms with Crippen molar-refractivity contribution in [3.05, 3.63) is 20.9 Å². The lowest BCUT2D eigenvalue weighted by Crippen LogP contribution is -2.37. The Morgan fingerprint density at radius 1 is 0.651 bits per heavy atom. The SMILES string of the molecule is [N-]=[N+]=NCCOCCOCCN(CCOCCOCCN=[N+]=[N-])C(=O)CCOCCOCCC(=O)ON1C(=O)CCC1=O. The molecule has 0 radical (unpaired) electrons. The molecule has 19 heteroatoms. The molecule has 1 heterocycles. The number of hydrogen-bond acceptors (Lipinski definition) is 13. The molecule has 0 spiro atoms. The van der Waals surface area contributed by atoms with Crippen molar-refractivity contribution in [1.29, 1.82) is 0 Å². The van der Waals surface area contributed by atoms with Crippen LogP contribution in [0.3, 0.4) is 0 Å². The maximum atomic E-state index is 12.7. The molecule has 0 bridgehead atoms. The summed E-state index contributed by atoms with van der Waals surface area (Å²) in [7, 11) is 0. The molecule has 0 aromatic heterocycles. The maximum Gasteiger partial charge on any atom is 0.335 e. The van der Waals surface area contributed by atoms with Gasteiger partial charge in [0.2, 0.25) is 5.91 Å². The van der Waals surface area contributed by atoms with Gasteiger partial charge in [0.25, 0.3) is 11.8 Å². The lowest BCUT2D eigenvalue weighted by molar-refractivity contribution is -0.198. The van der Waals surface area contributed by atoms with Gasteiger partial charge in [-0.25, -0.2) is 4.79 Å². The van der Waals surface area contributed by atoms with Gasteiger partial charge in [-0.1, -0.05) is 10.2 Å². The summed E-state index contributed by atoms with van der Waals surface area (Å²) in [6, 6.07) is 0. The molecule has 0 aliphatic carbocycles. The van der Waals surface area contributed by atoms with Crippen LogP contribution in [0.15, 0.2) is 10.2 Å². The number of hydroxylamine groups is 2. The monoisotopic (exact) mass is 616 g/mol. The molecule has 1 aliphatic rings. The summed E-state index contributed by atoms with van der Waals surface area (Å²) in [5.74, 6) is -2.00.